The van der Waals surface area contributed by atoms with E-state index in [9.17, 15) is 0 Å². The number of hydrogen-bond donors (Lipinski definition) is 0. The van der Waals surface area contributed by atoms with E-state index >= 15 is 0 Å². The molecule has 0 aliphatic carbocycles. The highest BCUT2D eigenvalue weighted by Gasteiger charge is 2.15. The summed E-state index contributed by atoms with van der Waals surface area (Å²) in [6, 6.07) is 7.74. The van der Waals surface area contributed by atoms with E-state index in [1.807, 2.05) is 45.9 Å². The monoisotopic (exact) mass is 362 g/mol. The minimum atomic E-state index is 0.162. The predicted molar refractivity (Wildman–Crippen MR) is 103 cm³/mol. The summed E-state index contributed by atoms with van der Waals surface area (Å²) in [6.07, 6.45) is 7.37. The zero-order chi connectivity index (χ0) is 19.0. The lowest BCUT2D eigenvalue weighted by Crippen LogP contribution is -2.15. The maximum Gasteiger partial charge on any atom is 0.222 e. The van der Waals surface area contributed by atoms with Gasteiger partial charge in [0.15, 0.2) is 5.65 Å². The van der Waals surface area contributed by atoms with Crippen LogP contribution in [0.15, 0.2) is 49.1 Å². The van der Waals surface area contributed by atoms with Crippen LogP contribution in [-0.4, -0.2) is 36.5 Å². The van der Waals surface area contributed by atoms with Gasteiger partial charge in [0.25, 0.3) is 0 Å². The van der Waals surface area contributed by atoms with Crippen molar-refractivity contribution in [1.82, 2.24) is 29.4 Å². The molecule has 0 aliphatic heterocycles. The standard InChI is InChI=1S/C20H22N6O/c1-20(2,3)13-25-12-14(10-23-25)16-7-8-18-22-11-17(26(18)24-16)15-6-5-9-21-19(15)27-4/h5-12H,13H2,1-4H3. The minimum Gasteiger partial charge on any atom is -0.481 e. The van der Waals surface area contributed by atoms with E-state index in [1.54, 1.807) is 19.5 Å². The quantitative estimate of drug-likeness (QED) is 0.553. The first-order chi connectivity index (χ1) is 12.9. The number of imidazole rings is 1. The summed E-state index contributed by atoms with van der Waals surface area (Å²) in [4.78, 5) is 8.73. The number of nitrogens with zero attached hydrogens (tertiary/aromatic N) is 6. The number of aromatic nitrogens is 6. The van der Waals surface area contributed by atoms with Crippen LogP contribution in [0.2, 0.25) is 0 Å². The van der Waals surface area contributed by atoms with Gasteiger partial charge in [-0.1, -0.05) is 20.8 Å². The Morgan fingerprint density at radius 3 is 2.70 bits per heavy atom. The molecule has 4 heterocycles. The fraction of sp³-hybridized carbons (Fsp3) is 0.300. The largest absolute Gasteiger partial charge is 0.481 e. The van der Waals surface area contributed by atoms with Gasteiger partial charge in [0.2, 0.25) is 5.88 Å². The molecule has 4 aromatic heterocycles. The van der Waals surface area contributed by atoms with E-state index in [4.69, 9.17) is 9.84 Å². The van der Waals surface area contributed by atoms with Gasteiger partial charge in [-0.3, -0.25) is 4.68 Å². The van der Waals surface area contributed by atoms with Crippen LogP contribution in [0.1, 0.15) is 20.8 Å². The van der Waals surface area contributed by atoms with Crippen LogP contribution in [-0.2, 0) is 6.54 Å². The number of rotatable bonds is 4. The molecule has 0 saturated heterocycles. The van der Waals surface area contributed by atoms with Gasteiger partial charge in [-0.15, -0.1) is 0 Å². The lowest BCUT2D eigenvalue weighted by molar-refractivity contribution is 0.325. The normalized spacial score (nSPS) is 11.9. The number of ether oxygens (including phenoxy) is 1. The first-order valence-corrected chi connectivity index (χ1v) is 8.82. The number of pyridine rings is 1. The SMILES string of the molecule is COc1ncccc1-c1cnc2ccc(-c3cnn(CC(C)(C)C)c3)nn12. The van der Waals surface area contributed by atoms with Crippen molar-refractivity contribution < 1.29 is 4.74 Å². The molecule has 0 bridgehead atoms. The van der Waals surface area contributed by atoms with Crippen molar-refractivity contribution in [1.29, 1.82) is 0 Å². The van der Waals surface area contributed by atoms with Crippen LogP contribution < -0.4 is 4.74 Å². The predicted octanol–water partition coefficient (Wildman–Crippen LogP) is 3.71. The molecular formula is C20H22N6O. The molecular weight excluding hydrogens is 340 g/mol. The van der Waals surface area contributed by atoms with Crippen molar-refractivity contribution >= 4 is 5.65 Å². The van der Waals surface area contributed by atoms with Gasteiger partial charge >= 0.3 is 0 Å². The first kappa shape index (κ1) is 17.2. The molecule has 138 valence electrons. The zero-order valence-electron chi connectivity index (χ0n) is 15.9. The summed E-state index contributed by atoms with van der Waals surface area (Å²) >= 11 is 0. The molecule has 0 spiro atoms. The second-order valence-electron chi connectivity index (χ2n) is 7.68. The van der Waals surface area contributed by atoms with Crippen molar-refractivity contribution in [2.45, 2.75) is 27.3 Å². The van der Waals surface area contributed by atoms with Crippen molar-refractivity contribution in [2.24, 2.45) is 5.41 Å². The maximum absolute atomic E-state index is 5.39. The van der Waals surface area contributed by atoms with Crippen LogP contribution in [0.3, 0.4) is 0 Å². The molecule has 0 fully saturated rings. The molecule has 0 unspecified atom stereocenters. The van der Waals surface area contributed by atoms with Crippen LogP contribution in [0, 0.1) is 5.41 Å². The Labute approximate surface area is 157 Å². The highest BCUT2D eigenvalue weighted by atomic mass is 16.5. The van der Waals surface area contributed by atoms with Gasteiger partial charge in [-0.2, -0.15) is 10.2 Å². The molecule has 0 aromatic carbocycles. The topological polar surface area (TPSA) is 70.1 Å². The Morgan fingerprint density at radius 1 is 1.07 bits per heavy atom. The van der Waals surface area contributed by atoms with Gasteiger partial charge in [0.05, 0.1) is 36.5 Å². The molecule has 0 atom stereocenters. The van der Waals surface area contributed by atoms with Crippen LogP contribution in [0.4, 0.5) is 0 Å². The Morgan fingerprint density at radius 2 is 1.93 bits per heavy atom. The average Bonchev–Trinajstić information content (AvgIpc) is 3.26. The molecule has 0 amide bonds. The van der Waals surface area contributed by atoms with Gasteiger partial charge in [0, 0.05) is 24.5 Å². The minimum absolute atomic E-state index is 0.162. The molecule has 0 radical (unpaired) electrons. The van der Waals surface area contributed by atoms with Crippen LogP contribution in [0.5, 0.6) is 5.88 Å². The summed E-state index contributed by atoms with van der Waals surface area (Å²) in [5.41, 5.74) is 4.42. The smallest absolute Gasteiger partial charge is 0.222 e. The molecule has 4 aromatic rings. The molecule has 27 heavy (non-hydrogen) atoms. The van der Waals surface area contributed by atoms with E-state index < -0.39 is 0 Å². The fourth-order valence-corrected chi connectivity index (χ4v) is 3.03. The Balaban J connectivity index is 1.77. The van der Waals surface area contributed by atoms with E-state index in [1.165, 1.54) is 0 Å². The average molecular weight is 362 g/mol. The summed E-state index contributed by atoms with van der Waals surface area (Å²) in [5.74, 6) is 0.546. The van der Waals surface area contributed by atoms with E-state index in [2.05, 4.69) is 35.8 Å². The van der Waals surface area contributed by atoms with E-state index in [0.29, 0.717) is 5.88 Å². The van der Waals surface area contributed by atoms with Gasteiger partial charge < -0.3 is 4.74 Å². The number of fused-ring (bicyclic) bond motifs is 1. The van der Waals surface area contributed by atoms with Gasteiger partial charge in [-0.25, -0.2) is 14.5 Å². The van der Waals surface area contributed by atoms with Crippen molar-refractivity contribution in [3.63, 3.8) is 0 Å². The van der Waals surface area contributed by atoms with E-state index in [-0.39, 0.29) is 5.41 Å². The summed E-state index contributed by atoms with van der Waals surface area (Å²) in [6.45, 7) is 7.42. The summed E-state index contributed by atoms with van der Waals surface area (Å²) in [7, 11) is 1.61. The third-order valence-corrected chi connectivity index (χ3v) is 4.17. The molecule has 0 N–H and O–H groups in total. The second kappa shape index (κ2) is 6.50. The van der Waals surface area contributed by atoms with Crippen LogP contribution >= 0.6 is 0 Å². The molecule has 7 heteroatoms. The Bertz CT molecular complexity index is 1090. The van der Waals surface area contributed by atoms with Crippen molar-refractivity contribution in [3.8, 4) is 28.4 Å². The molecule has 4 rings (SSSR count). The third kappa shape index (κ3) is 3.40. The highest BCUT2D eigenvalue weighted by Crippen LogP contribution is 2.28. The summed E-state index contributed by atoms with van der Waals surface area (Å²) in [5, 5.41) is 9.26. The van der Waals surface area contributed by atoms with Gasteiger partial charge in [0.1, 0.15) is 0 Å². The van der Waals surface area contributed by atoms with E-state index in [0.717, 1.165) is 34.7 Å². The number of methoxy groups -OCH3 is 1. The number of hydrogen-bond acceptors (Lipinski definition) is 5. The lowest BCUT2D eigenvalue weighted by atomic mass is 9.97. The molecule has 0 aliphatic rings. The Hall–Kier alpha value is -3.22. The van der Waals surface area contributed by atoms with Crippen molar-refractivity contribution in [3.05, 3.63) is 49.1 Å². The molecule has 7 nitrogen and oxygen atoms in total. The lowest BCUT2D eigenvalue weighted by Gasteiger charge is -2.17. The fourth-order valence-electron chi connectivity index (χ4n) is 3.03. The second-order valence-corrected chi connectivity index (χ2v) is 7.68. The Kier molecular flexibility index (Phi) is 4.14. The highest BCUT2D eigenvalue weighted by molar-refractivity contribution is 5.68. The van der Waals surface area contributed by atoms with Crippen LogP contribution in [0.25, 0.3) is 28.2 Å². The first-order valence-electron chi connectivity index (χ1n) is 8.82. The molecule has 0 saturated carbocycles. The summed E-state index contributed by atoms with van der Waals surface area (Å²) < 4.78 is 9.16. The maximum atomic E-state index is 5.39. The third-order valence-electron chi connectivity index (χ3n) is 4.17. The zero-order valence-corrected chi connectivity index (χ0v) is 15.9. The van der Waals surface area contributed by atoms with Crippen molar-refractivity contribution in [2.75, 3.05) is 7.11 Å². The van der Waals surface area contributed by atoms with Gasteiger partial charge in [-0.05, 0) is 29.7 Å².